The summed E-state index contributed by atoms with van der Waals surface area (Å²) in [4.78, 5) is 22.8. The minimum Gasteiger partial charge on any atom is -0.487 e. The summed E-state index contributed by atoms with van der Waals surface area (Å²) in [6.07, 6.45) is 0. The summed E-state index contributed by atoms with van der Waals surface area (Å²) in [6.45, 7) is 2.48. The number of fused-ring (bicyclic) bond motifs is 1. The molecule has 1 N–H and O–H groups in total. The van der Waals surface area contributed by atoms with Gasteiger partial charge in [-0.1, -0.05) is 6.07 Å². The molecule has 1 amide bonds. The number of nitrogens with zero attached hydrogens (tertiary/aromatic N) is 1. The zero-order valence-corrected chi connectivity index (χ0v) is 13.5. The van der Waals surface area contributed by atoms with Crippen LogP contribution in [0.1, 0.15) is 22.8 Å². The quantitative estimate of drug-likeness (QED) is 0.639. The molecule has 0 saturated heterocycles. The lowest BCUT2D eigenvalue weighted by Crippen LogP contribution is -2.22. The van der Waals surface area contributed by atoms with Crippen molar-refractivity contribution in [2.75, 3.05) is 13.4 Å². The molecule has 0 bridgehead atoms. The lowest BCUT2D eigenvalue weighted by atomic mass is 10.1. The summed E-state index contributed by atoms with van der Waals surface area (Å²) in [5.41, 5.74) is 0.784. The number of nitro benzene ring substituents is 1. The van der Waals surface area contributed by atoms with Crippen LogP contribution < -0.4 is 19.5 Å². The number of ether oxygens (including phenoxy) is 3. The maximum Gasteiger partial charge on any atom is 0.311 e. The summed E-state index contributed by atoms with van der Waals surface area (Å²) in [7, 11) is 0. The molecule has 1 aliphatic heterocycles. The van der Waals surface area contributed by atoms with Crippen LogP contribution in [0.3, 0.4) is 0 Å². The van der Waals surface area contributed by atoms with Gasteiger partial charge < -0.3 is 19.5 Å². The van der Waals surface area contributed by atoms with Crippen LogP contribution in [0.4, 0.5) is 5.69 Å². The Bertz CT molecular complexity index is 821. The minimum atomic E-state index is -0.570. The van der Waals surface area contributed by atoms with Crippen LogP contribution in [0.5, 0.6) is 17.2 Å². The van der Waals surface area contributed by atoms with Crippen LogP contribution in [0.15, 0.2) is 36.4 Å². The van der Waals surface area contributed by atoms with Gasteiger partial charge in [0, 0.05) is 18.2 Å². The van der Waals surface area contributed by atoms with Crippen molar-refractivity contribution < 1.29 is 23.9 Å². The maximum absolute atomic E-state index is 12.3. The molecule has 0 spiro atoms. The molecule has 8 heteroatoms. The highest BCUT2D eigenvalue weighted by Gasteiger charge is 2.19. The summed E-state index contributed by atoms with van der Waals surface area (Å²) >= 11 is 0. The van der Waals surface area contributed by atoms with Crippen LogP contribution in [0, 0.1) is 10.1 Å². The SMILES string of the molecule is CCOc1ccc(C(=O)NCc2ccc3c(c2)OCO3)cc1[N+](=O)[O-]. The highest BCUT2D eigenvalue weighted by atomic mass is 16.7. The molecule has 2 aromatic carbocycles. The van der Waals surface area contributed by atoms with Crippen LogP contribution in [0.25, 0.3) is 0 Å². The van der Waals surface area contributed by atoms with Gasteiger partial charge in [0.2, 0.25) is 6.79 Å². The third-order valence-corrected chi connectivity index (χ3v) is 3.61. The molecule has 0 aromatic heterocycles. The third kappa shape index (κ3) is 3.63. The van der Waals surface area contributed by atoms with Crippen molar-refractivity contribution in [3.05, 3.63) is 57.6 Å². The van der Waals surface area contributed by atoms with Gasteiger partial charge in [0.05, 0.1) is 11.5 Å². The predicted octanol–water partition coefficient (Wildman–Crippen LogP) is 2.65. The Balaban J connectivity index is 1.70. The molecule has 0 fully saturated rings. The van der Waals surface area contributed by atoms with E-state index >= 15 is 0 Å². The summed E-state index contributed by atoms with van der Waals surface area (Å²) in [5, 5.41) is 13.9. The van der Waals surface area contributed by atoms with Crippen molar-refractivity contribution >= 4 is 11.6 Å². The first-order valence-electron chi connectivity index (χ1n) is 7.66. The van der Waals surface area contributed by atoms with Crippen molar-refractivity contribution in [1.29, 1.82) is 0 Å². The molecular formula is C17H16N2O6. The topological polar surface area (TPSA) is 99.9 Å². The number of nitro groups is 1. The highest BCUT2D eigenvalue weighted by Crippen LogP contribution is 2.32. The molecule has 0 saturated carbocycles. The first kappa shape index (κ1) is 16.6. The van der Waals surface area contributed by atoms with Gasteiger partial charge in [-0.25, -0.2) is 0 Å². The number of rotatable bonds is 6. The van der Waals surface area contributed by atoms with E-state index in [1.807, 2.05) is 6.07 Å². The second-order valence-electron chi connectivity index (χ2n) is 5.24. The van der Waals surface area contributed by atoms with Gasteiger partial charge >= 0.3 is 5.69 Å². The molecule has 1 aliphatic rings. The van der Waals surface area contributed by atoms with E-state index in [4.69, 9.17) is 14.2 Å². The Hall–Kier alpha value is -3.29. The number of amides is 1. The van der Waals surface area contributed by atoms with Crippen LogP contribution in [-0.2, 0) is 6.54 Å². The number of hydrogen-bond acceptors (Lipinski definition) is 6. The Morgan fingerprint density at radius 1 is 1.24 bits per heavy atom. The van der Waals surface area contributed by atoms with E-state index in [9.17, 15) is 14.9 Å². The Kier molecular flexibility index (Phi) is 4.69. The van der Waals surface area contributed by atoms with E-state index in [0.29, 0.717) is 18.1 Å². The van der Waals surface area contributed by atoms with Crippen LogP contribution in [0.2, 0.25) is 0 Å². The van der Waals surface area contributed by atoms with Gasteiger partial charge in [-0.3, -0.25) is 14.9 Å². The van der Waals surface area contributed by atoms with Gasteiger partial charge in [0.1, 0.15) is 0 Å². The molecule has 0 unspecified atom stereocenters. The minimum absolute atomic E-state index is 0.139. The van der Waals surface area contributed by atoms with Crippen LogP contribution >= 0.6 is 0 Å². The molecule has 25 heavy (non-hydrogen) atoms. The highest BCUT2D eigenvalue weighted by molar-refractivity contribution is 5.95. The Morgan fingerprint density at radius 2 is 2.04 bits per heavy atom. The monoisotopic (exact) mass is 344 g/mol. The average Bonchev–Trinajstić information content (AvgIpc) is 3.07. The van der Waals surface area contributed by atoms with Gasteiger partial charge in [0.15, 0.2) is 17.2 Å². The number of carbonyl (C=O) groups excluding carboxylic acids is 1. The zero-order valence-electron chi connectivity index (χ0n) is 13.5. The molecule has 8 nitrogen and oxygen atoms in total. The molecular weight excluding hydrogens is 328 g/mol. The smallest absolute Gasteiger partial charge is 0.311 e. The van der Waals surface area contributed by atoms with Crippen LogP contribution in [-0.4, -0.2) is 24.2 Å². The van der Waals surface area contributed by atoms with Crippen molar-refractivity contribution in [3.8, 4) is 17.2 Å². The number of nitrogens with one attached hydrogen (secondary N) is 1. The normalized spacial score (nSPS) is 11.9. The van der Waals surface area contributed by atoms with Crippen molar-refractivity contribution in [3.63, 3.8) is 0 Å². The van der Waals surface area contributed by atoms with Gasteiger partial charge in [0.25, 0.3) is 5.91 Å². The van der Waals surface area contributed by atoms with E-state index in [1.165, 1.54) is 18.2 Å². The average molecular weight is 344 g/mol. The van der Waals surface area contributed by atoms with Gasteiger partial charge in [-0.15, -0.1) is 0 Å². The fourth-order valence-corrected chi connectivity index (χ4v) is 2.41. The van der Waals surface area contributed by atoms with Crippen molar-refractivity contribution in [2.24, 2.45) is 0 Å². The fourth-order valence-electron chi connectivity index (χ4n) is 2.41. The lowest BCUT2D eigenvalue weighted by molar-refractivity contribution is -0.385. The van der Waals surface area contributed by atoms with E-state index in [1.54, 1.807) is 19.1 Å². The van der Waals surface area contributed by atoms with E-state index in [2.05, 4.69) is 5.32 Å². The summed E-state index contributed by atoms with van der Waals surface area (Å²) in [5.74, 6) is 1.02. The number of benzene rings is 2. The van der Waals surface area contributed by atoms with Gasteiger partial charge in [-0.2, -0.15) is 0 Å². The van der Waals surface area contributed by atoms with Gasteiger partial charge in [-0.05, 0) is 36.8 Å². The standard InChI is InChI=1S/C17H16N2O6/c1-2-23-14-6-4-12(8-13(14)19(21)22)17(20)18-9-11-3-5-15-16(7-11)25-10-24-15/h3-8H,2,9-10H2,1H3,(H,18,20). The van der Waals surface area contributed by atoms with Crippen molar-refractivity contribution in [2.45, 2.75) is 13.5 Å². The van der Waals surface area contributed by atoms with Crippen molar-refractivity contribution in [1.82, 2.24) is 5.32 Å². The number of carbonyl (C=O) groups is 1. The maximum atomic E-state index is 12.3. The molecule has 0 aliphatic carbocycles. The van der Waals surface area contributed by atoms with E-state index in [0.717, 1.165) is 5.56 Å². The first-order valence-corrected chi connectivity index (χ1v) is 7.66. The van der Waals surface area contributed by atoms with E-state index < -0.39 is 10.8 Å². The third-order valence-electron chi connectivity index (χ3n) is 3.61. The number of hydrogen-bond donors (Lipinski definition) is 1. The Labute approximate surface area is 143 Å². The molecule has 130 valence electrons. The zero-order chi connectivity index (χ0) is 17.8. The Morgan fingerprint density at radius 3 is 2.80 bits per heavy atom. The van der Waals surface area contributed by atoms with E-state index in [-0.39, 0.29) is 30.3 Å². The largest absolute Gasteiger partial charge is 0.487 e. The summed E-state index contributed by atoms with van der Waals surface area (Å²) < 4.78 is 15.7. The molecule has 2 aromatic rings. The lowest BCUT2D eigenvalue weighted by Gasteiger charge is -2.08. The molecule has 1 heterocycles. The molecule has 0 atom stereocenters. The second kappa shape index (κ2) is 7.08. The molecule has 3 rings (SSSR count). The predicted molar refractivity (Wildman–Crippen MR) is 88.0 cm³/mol. The second-order valence-corrected chi connectivity index (χ2v) is 5.24. The first-order chi connectivity index (χ1) is 12.1. The summed E-state index contributed by atoms with van der Waals surface area (Å²) in [6, 6.07) is 9.49. The fraction of sp³-hybridized carbons (Fsp3) is 0.235. The molecule has 0 radical (unpaired) electrons.